The van der Waals surface area contributed by atoms with Gasteiger partial charge in [0, 0.05) is 18.8 Å². The highest BCUT2D eigenvalue weighted by molar-refractivity contribution is 5.87. The van der Waals surface area contributed by atoms with Crippen LogP contribution in [0.5, 0.6) is 0 Å². The van der Waals surface area contributed by atoms with Gasteiger partial charge in [-0.25, -0.2) is 4.39 Å². The van der Waals surface area contributed by atoms with Gasteiger partial charge in [0.25, 0.3) is 0 Å². The van der Waals surface area contributed by atoms with Gasteiger partial charge in [-0.2, -0.15) is 0 Å². The maximum absolute atomic E-state index is 14.4. The summed E-state index contributed by atoms with van der Waals surface area (Å²) in [5, 5.41) is 18.6. The van der Waals surface area contributed by atoms with E-state index >= 15 is 0 Å². The number of hydrogen-bond donors (Lipinski definition) is 2. The summed E-state index contributed by atoms with van der Waals surface area (Å²) in [5.74, 6) is -1.23. The van der Waals surface area contributed by atoms with Gasteiger partial charge in [-0.1, -0.05) is 50.5 Å². The van der Waals surface area contributed by atoms with Crippen molar-refractivity contribution in [2.45, 2.75) is 83.4 Å². The van der Waals surface area contributed by atoms with Crippen LogP contribution in [-0.4, -0.2) is 34.2 Å². The highest BCUT2D eigenvalue weighted by atomic mass is 19.1. The molecule has 1 aliphatic rings. The van der Waals surface area contributed by atoms with Crippen molar-refractivity contribution in [1.82, 2.24) is 0 Å². The summed E-state index contributed by atoms with van der Waals surface area (Å²) < 4.78 is 14.4. The maximum atomic E-state index is 14.4. The summed E-state index contributed by atoms with van der Waals surface area (Å²) in [4.78, 5) is 22.7. The number of halogens is 1. The first-order chi connectivity index (χ1) is 12.4. The van der Waals surface area contributed by atoms with Crippen LogP contribution in [0.15, 0.2) is 24.3 Å². The van der Waals surface area contributed by atoms with E-state index in [0.29, 0.717) is 32.1 Å². The summed E-state index contributed by atoms with van der Waals surface area (Å²) in [5.41, 5.74) is 0.766. The fourth-order valence-corrected chi connectivity index (χ4v) is 3.54. The number of aliphatic hydroxyl groups is 1. The molecule has 0 bridgehead atoms. The van der Waals surface area contributed by atoms with Gasteiger partial charge in [0.05, 0.1) is 6.10 Å². The Morgan fingerprint density at radius 1 is 1.31 bits per heavy atom. The molecule has 4 atom stereocenters. The monoisotopic (exact) mass is 368 g/mol. The van der Waals surface area contributed by atoms with Crippen LogP contribution in [0.1, 0.15) is 71.1 Å². The minimum atomic E-state index is -1.33. The van der Waals surface area contributed by atoms with Crippen molar-refractivity contribution in [3.05, 3.63) is 24.3 Å². The number of carbonyl (C=O) groups excluding carboxylic acids is 1. The zero-order chi connectivity index (χ0) is 19.5. The lowest BCUT2D eigenvalue weighted by Gasteiger charge is -2.23. The molecule has 2 N–H and O–H groups in total. The molecule has 1 aliphatic carbocycles. The standard InChI is InChI=1S/C21H33FO4/c1-3-4-7-11-19(23)18(22)14-17-15(2)13-20(24)16(17)10-8-5-6-9-12-21(25)26/h5,8,16-19,23H,2-4,6-7,9-14H2,1H3,(H,25,26)/b8-5-/t16-,17-,18-,19+/m1/s1. The Balaban J connectivity index is 2.50. The lowest BCUT2D eigenvalue weighted by molar-refractivity contribution is -0.137. The Labute approximate surface area is 156 Å². The lowest BCUT2D eigenvalue weighted by Crippen LogP contribution is -2.27. The molecule has 0 aliphatic heterocycles. The molecule has 148 valence electrons. The van der Waals surface area contributed by atoms with E-state index in [2.05, 4.69) is 13.5 Å². The normalized spacial score (nSPS) is 22.9. The molecule has 0 heterocycles. The SMILES string of the molecule is C=C1CC(=O)[C@H](C/C=C\CCCC(=O)O)[C@@H]1C[C@@H](F)[C@@H](O)CCCCC. The number of Topliss-reactive ketones (excluding diaryl/α,β-unsaturated/α-hetero) is 1. The third-order valence-electron chi connectivity index (χ3n) is 5.14. The molecule has 4 nitrogen and oxygen atoms in total. The van der Waals surface area contributed by atoms with Gasteiger partial charge in [0.1, 0.15) is 12.0 Å². The number of ketones is 1. The van der Waals surface area contributed by atoms with Crippen LogP contribution in [0.4, 0.5) is 4.39 Å². The first-order valence-electron chi connectivity index (χ1n) is 9.76. The molecule has 0 spiro atoms. The molecule has 1 fully saturated rings. The number of alkyl halides is 1. The molecular formula is C21H33FO4. The number of unbranched alkanes of at least 4 members (excludes halogenated alkanes) is 3. The van der Waals surface area contributed by atoms with Crippen LogP contribution in [0.3, 0.4) is 0 Å². The van der Waals surface area contributed by atoms with E-state index in [1.165, 1.54) is 0 Å². The Hall–Kier alpha value is -1.49. The highest BCUT2D eigenvalue weighted by Gasteiger charge is 2.38. The molecule has 26 heavy (non-hydrogen) atoms. The molecule has 5 heteroatoms. The molecule has 0 aromatic rings. The molecule has 0 saturated heterocycles. The Morgan fingerprint density at radius 3 is 2.69 bits per heavy atom. The summed E-state index contributed by atoms with van der Waals surface area (Å²) in [6, 6.07) is 0. The second-order valence-electron chi connectivity index (χ2n) is 7.32. The van der Waals surface area contributed by atoms with Crippen molar-refractivity contribution < 1.29 is 24.2 Å². The maximum Gasteiger partial charge on any atom is 0.303 e. The van der Waals surface area contributed by atoms with Gasteiger partial charge < -0.3 is 10.2 Å². The van der Waals surface area contributed by atoms with Gasteiger partial charge >= 0.3 is 5.97 Å². The Kier molecular flexibility index (Phi) is 10.4. The van der Waals surface area contributed by atoms with Crippen LogP contribution in [-0.2, 0) is 9.59 Å². The van der Waals surface area contributed by atoms with E-state index < -0.39 is 18.2 Å². The summed E-state index contributed by atoms with van der Waals surface area (Å²) in [7, 11) is 0. The van der Waals surface area contributed by atoms with Crippen LogP contribution in [0, 0.1) is 11.8 Å². The highest BCUT2D eigenvalue weighted by Crippen LogP contribution is 2.39. The summed E-state index contributed by atoms with van der Waals surface area (Å²) in [6.45, 7) is 6.01. The quantitative estimate of drug-likeness (QED) is 0.367. The number of carboxylic acid groups (broad SMARTS) is 1. The number of allylic oxidation sites excluding steroid dienone is 3. The predicted octanol–water partition coefficient (Wildman–Crippen LogP) is 4.62. The van der Waals surface area contributed by atoms with Crippen molar-refractivity contribution in [3.8, 4) is 0 Å². The Bertz CT molecular complexity index is 500. The third-order valence-corrected chi connectivity index (χ3v) is 5.14. The second-order valence-corrected chi connectivity index (χ2v) is 7.32. The first-order valence-corrected chi connectivity index (χ1v) is 9.76. The number of carbonyl (C=O) groups is 2. The van der Waals surface area contributed by atoms with E-state index in [1.807, 2.05) is 12.2 Å². The van der Waals surface area contributed by atoms with E-state index in [4.69, 9.17) is 5.11 Å². The van der Waals surface area contributed by atoms with Crippen LogP contribution in [0.2, 0.25) is 0 Å². The van der Waals surface area contributed by atoms with Crippen molar-refractivity contribution >= 4 is 11.8 Å². The molecule has 1 saturated carbocycles. The minimum Gasteiger partial charge on any atom is -0.481 e. The molecule has 0 aromatic heterocycles. The number of aliphatic carboxylic acids is 1. The van der Waals surface area contributed by atoms with Gasteiger partial charge in [-0.3, -0.25) is 9.59 Å². The average Bonchev–Trinajstić information content (AvgIpc) is 2.84. The lowest BCUT2D eigenvalue weighted by atomic mass is 9.85. The van der Waals surface area contributed by atoms with Gasteiger partial charge in [0.2, 0.25) is 0 Å². The van der Waals surface area contributed by atoms with Gasteiger partial charge in [-0.05, 0) is 38.0 Å². The summed E-state index contributed by atoms with van der Waals surface area (Å²) in [6.07, 6.45) is 7.06. The second kappa shape index (κ2) is 12.0. The molecule has 0 amide bonds. The van der Waals surface area contributed by atoms with Gasteiger partial charge in [-0.15, -0.1) is 0 Å². The number of aliphatic hydroxyl groups excluding tert-OH is 1. The van der Waals surface area contributed by atoms with Crippen LogP contribution < -0.4 is 0 Å². The topological polar surface area (TPSA) is 74.6 Å². The third kappa shape index (κ3) is 7.81. The van der Waals surface area contributed by atoms with Crippen LogP contribution >= 0.6 is 0 Å². The van der Waals surface area contributed by atoms with Gasteiger partial charge in [0.15, 0.2) is 0 Å². The van der Waals surface area contributed by atoms with Crippen molar-refractivity contribution in [3.63, 3.8) is 0 Å². The van der Waals surface area contributed by atoms with Crippen LogP contribution in [0.25, 0.3) is 0 Å². The van der Waals surface area contributed by atoms with Crippen molar-refractivity contribution in [1.29, 1.82) is 0 Å². The fourth-order valence-electron chi connectivity index (χ4n) is 3.54. The number of hydrogen-bond acceptors (Lipinski definition) is 3. The number of carboxylic acids is 1. The zero-order valence-corrected chi connectivity index (χ0v) is 15.8. The first kappa shape index (κ1) is 22.6. The molecule has 0 unspecified atom stereocenters. The van der Waals surface area contributed by atoms with Crippen molar-refractivity contribution in [2.24, 2.45) is 11.8 Å². The number of rotatable bonds is 13. The van der Waals surface area contributed by atoms with Crippen molar-refractivity contribution in [2.75, 3.05) is 0 Å². The Morgan fingerprint density at radius 2 is 2.04 bits per heavy atom. The summed E-state index contributed by atoms with van der Waals surface area (Å²) >= 11 is 0. The van der Waals surface area contributed by atoms with E-state index in [0.717, 1.165) is 24.8 Å². The molecule has 0 aromatic carbocycles. The minimum absolute atomic E-state index is 0.0860. The van der Waals surface area contributed by atoms with E-state index in [-0.39, 0.29) is 30.5 Å². The van der Waals surface area contributed by atoms with E-state index in [1.54, 1.807) is 0 Å². The molecule has 0 radical (unpaired) electrons. The zero-order valence-electron chi connectivity index (χ0n) is 15.8. The average molecular weight is 368 g/mol. The molecule has 1 rings (SSSR count). The molecular weight excluding hydrogens is 335 g/mol. The predicted molar refractivity (Wildman–Crippen MR) is 101 cm³/mol. The fraction of sp³-hybridized carbons (Fsp3) is 0.714. The largest absolute Gasteiger partial charge is 0.481 e. The van der Waals surface area contributed by atoms with E-state index in [9.17, 15) is 19.1 Å². The smallest absolute Gasteiger partial charge is 0.303 e.